The van der Waals surface area contributed by atoms with E-state index in [9.17, 15) is 0 Å². The summed E-state index contributed by atoms with van der Waals surface area (Å²) in [4.78, 5) is 0. The van der Waals surface area contributed by atoms with Crippen LogP contribution >= 0.6 is 12.4 Å². The predicted molar refractivity (Wildman–Crippen MR) is 92.4 cm³/mol. The number of rotatable bonds is 2. The highest BCUT2D eigenvalue weighted by Gasteiger charge is 2.10. The van der Waals surface area contributed by atoms with Gasteiger partial charge in [-0.2, -0.15) is 0 Å². The van der Waals surface area contributed by atoms with Crippen LogP contribution in [0.25, 0.3) is 5.57 Å². The molecule has 0 amide bonds. The molecule has 2 aromatic rings. The molecule has 1 aliphatic carbocycles. The lowest BCUT2D eigenvalue weighted by Gasteiger charge is -2.15. The molecule has 2 aromatic carbocycles. The van der Waals surface area contributed by atoms with Crippen molar-refractivity contribution in [1.29, 1.82) is 0 Å². The van der Waals surface area contributed by atoms with Gasteiger partial charge in [0, 0.05) is 6.04 Å². The lowest BCUT2D eigenvalue weighted by atomic mass is 9.91. The number of benzene rings is 2. The minimum Gasteiger partial charge on any atom is -0.321 e. The zero-order valence-electron chi connectivity index (χ0n) is 11.6. The van der Waals surface area contributed by atoms with Crippen molar-refractivity contribution >= 4 is 18.0 Å². The van der Waals surface area contributed by atoms with Gasteiger partial charge in [0.15, 0.2) is 0 Å². The molecule has 1 aliphatic rings. The van der Waals surface area contributed by atoms with E-state index in [0.29, 0.717) is 0 Å². The zero-order chi connectivity index (χ0) is 13.8. The summed E-state index contributed by atoms with van der Waals surface area (Å²) in [7, 11) is 0. The van der Waals surface area contributed by atoms with Crippen LogP contribution in [-0.2, 0) is 0 Å². The van der Waals surface area contributed by atoms with Gasteiger partial charge < -0.3 is 5.73 Å². The average Bonchev–Trinajstić information content (AvgIpc) is 2.52. The average molecular weight is 296 g/mol. The topological polar surface area (TPSA) is 26.0 Å². The maximum Gasteiger partial charge on any atom is 0.0416 e. The second kappa shape index (κ2) is 7.07. The quantitative estimate of drug-likeness (QED) is 0.875. The Balaban J connectivity index is 0.00000161. The van der Waals surface area contributed by atoms with Crippen molar-refractivity contribution in [2.24, 2.45) is 5.73 Å². The van der Waals surface area contributed by atoms with Gasteiger partial charge in [-0.15, -0.1) is 12.4 Å². The Hall–Kier alpha value is -2.09. The van der Waals surface area contributed by atoms with E-state index in [0.717, 1.165) is 0 Å². The monoisotopic (exact) mass is 295 g/mol. The third-order valence-electron chi connectivity index (χ3n) is 3.41. The number of hydrogen-bond donors (Lipinski definition) is 1. The molecule has 0 saturated heterocycles. The summed E-state index contributed by atoms with van der Waals surface area (Å²) in [6.45, 7) is 0. The second-order valence-electron chi connectivity index (χ2n) is 4.86. The summed E-state index contributed by atoms with van der Waals surface area (Å²) < 4.78 is 0. The molecule has 0 heterocycles. The Bertz CT molecular complexity index is 612. The van der Waals surface area contributed by atoms with Crippen LogP contribution < -0.4 is 5.73 Å². The van der Waals surface area contributed by atoms with Crippen LogP contribution in [0.5, 0.6) is 0 Å². The van der Waals surface area contributed by atoms with E-state index in [2.05, 4.69) is 60.7 Å². The zero-order valence-corrected chi connectivity index (χ0v) is 12.5. The first-order valence-corrected chi connectivity index (χ1v) is 6.82. The third kappa shape index (κ3) is 3.52. The minimum atomic E-state index is 0. The van der Waals surface area contributed by atoms with Gasteiger partial charge >= 0.3 is 0 Å². The van der Waals surface area contributed by atoms with E-state index in [-0.39, 0.29) is 18.4 Å². The fraction of sp³-hybridized carbons (Fsp3) is 0.0526. The van der Waals surface area contributed by atoms with E-state index >= 15 is 0 Å². The molecule has 0 aromatic heterocycles. The Morgan fingerprint density at radius 2 is 1.14 bits per heavy atom. The van der Waals surface area contributed by atoms with Gasteiger partial charge in [-0.25, -0.2) is 0 Å². The molecule has 0 radical (unpaired) electrons. The van der Waals surface area contributed by atoms with E-state index in [4.69, 9.17) is 5.73 Å². The lowest BCUT2D eigenvalue weighted by molar-refractivity contribution is 1.02. The summed E-state index contributed by atoms with van der Waals surface area (Å²) in [6, 6.07) is 21.0. The molecule has 1 nitrogen and oxygen atoms in total. The van der Waals surface area contributed by atoms with Crippen molar-refractivity contribution < 1.29 is 0 Å². The van der Waals surface area contributed by atoms with Crippen LogP contribution in [0.3, 0.4) is 0 Å². The largest absolute Gasteiger partial charge is 0.321 e. The molecule has 2 heteroatoms. The van der Waals surface area contributed by atoms with Crippen molar-refractivity contribution in [2.45, 2.75) is 6.04 Å². The first-order valence-electron chi connectivity index (χ1n) is 6.82. The first-order chi connectivity index (χ1) is 9.84. The highest BCUT2D eigenvalue weighted by molar-refractivity contribution is 5.86. The summed E-state index contributed by atoms with van der Waals surface area (Å²) >= 11 is 0. The highest BCUT2D eigenvalue weighted by Crippen LogP contribution is 2.29. The fourth-order valence-electron chi connectivity index (χ4n) is 2.43. The highest BCUT2D eigenvalue weighted by atomic mass is 35.5. The molecule has 0 spiro atoms. The Morgan fingerprint density at radius 3 is 1.57 bits per heavy atom. The molecule has 0 fully saturated rings. The standard InChI is InChI=1S/C19H17N.ClH/c20-18-13-11-17(12-14-18)19(15-7-3-1-4-8-15)16-9-5-2-6-10-16;/h1-14,18H,20H2;1H. The molecule has 21 heavy (non-hydrogen) atoms. The van der Waals surface area contributed by atoms with Crippen LogP contribution in [-0.4, -0.2) is 6.04 Å². The lowest BCUT2D eigenvalue weighted by Crippen LogP contribution is -2.15. The Labute approximate surface area is 131 Å². The predicted octanol–water partition coefficient (Wildman–Crippen LogP) is 4.36. The van der Waals surface area contributed by atoms with E-state index in [1.807, 2.05) is 24.3 Å². The number of nitrogens with two attached hydrogens (primary N) is 1. The molecule has 3 rings (SSSR count). The summed E-state index contributed by atoms with van der Waals surface area (Å²) in [5, 5.41) is 0. The molecular weight excluding hydrogens is 278 g/mol. The smallest absolute Gasteiger partial charge is 0.0416 e. The second-order valence-corrected chi connectivity index (χ2v) is 4.86. The molecule has 0 saturated carbocycles. The van der Waals surface area contributed by atoms with Crippen LogP contribution in [0.4, 0.5) is 0 Å². The fourth-order valence-corrected chi connectivity index (χ4v) is 2.43. The molecular formula is C19H18ClN. The molecule has 0 bridgehead atoms. The van der Waals surface area contributed by atoms with Crippen molar-refractivity contribution in [3.05, 3.63) is 102 Å². The van der Waals surface area contributed by atoms with E-state index in [1.54, 1.807) is 0 Å². The SMILES string of the molecule is Cl.NC1C=CC(=C(c2ccccc2)c2ccccc2)C=C1. The van der Waals surface area contributed by atoms with Crippen molar-refractivity contribution in [3.63, 3.8) is 0 Å². The van der Waals surface area contributed by atoms with Gasteiger partial charge in [0.25, 0.3) is 0 Å². The third-order valence-corrected chi connectivity index (χ3v) is 3.41. The maximum atomic E-state index is 5.88. The van der Waals surface area contributed by atoms with Crippen molar-refractivity contribution in [1.82, 2.24) is 0 Å². The maximum absolute atomic E-state index is 5.88. The molecule has 0 unspecified atom stereocenters. The number of halogens is 1. The Morgan fingerprint density at radius 1 is 0.714 bits per heavy atom. The molecule has 0 atom stereocenters. The normalized spacial score (nSPS) is 16.4. The number of allylic oxidation sites excluding steroid dienone is 3. The van der Waals surface area contributed by atoms with Gasteiger partial charge in [-0.3, -0.25) is 0 Å². The van der Waals surface area contributed by atoms with Crippen LogP contribution in [0.2, 0.25) is 0 Å². The molecule has 2 N–H and O–H groups in total. The van der Waals surface area contributed by atoms with Gasteiger partial charge in [0.2, 0.25) is 0 Å². The van der Waals surface area contributed by atoms with E-state index < -0.39 is 0 Å². The molecule has 0 aliphatic heterocycles. The minimum absolute atomic E-state index is 0. The van der Waals surface area contributed by atoms with Gasteiger partial charge in [-0.1, -0.05) is 85.0 Å². The Kier molecular flexibility index (Phi) is 5.15. The van der Waals surface area contributed by atoms with Crippen molar-refractivity contribution in [2.75, 3.05) is 0 Å². The van der Waals surface area contributed by atoms with E-state index in [1.165, 1.54) is 22.3 Å². The van der Waals surface area contributed by atoms with Crippen LogP contribution in [0.15, 0.2) is 90.5 Å². The summed E-state index contributed by atoms with van der Waals surface area (Å²) in [5.74, 6) is 0. The van der Waals surface area contributed by atoms with Crippen LogP contribution in [0, 0.1) is 0 Å². The van der Waals surface area contributed by atoms with Crippen molar-refractivity contribution in [3.8, 4) is 0 Å². The molecule has 106 valence electrons. The van der Waals surface area contributed by atoms with Gasteiger partial charge in [-0.05, 0) is 22.3 Å². The van der Waals surface area contributed by atoms with Crippen LogP contribution in [0.1, 0.15) is 11.1 Å². The van der Waals surface area contributed by atoms with Gasteiger partial charge in [0.1, 0.15) is 0 Å². The first kappa shape index (κ1) is 15.3. The summed E-state index contributed by atoms with van der Waals surface area (Å²) in [5.41, 5.74) is 10.8. The number of hydrogen-bond acceptors (Lipinski definition) is 1. The summed E-state index contributed by atoms with van der Waals surface area (Å²) in [6.07, 6.45) is 8.28. The van der Waals surface area contributed by atoms with Gasteiger partial charge in [0.05, 0.1) is 0 Å².